The molecule has 1 fully saturated rings. The highest BCUT2D eigenvalue weighted by molar-refractivity contribution is 5.76. The third-order valence-corrected chi connectivity index (χ3v) is 5.02. The van der Waals surface area contributed by atoms with Crippen LogP contribution in [0.5, 0.6) is 5.75 Å². The van der Waals surface area contributed by atoms with E-state index in [1.165, 1.54) is 57.8 Å². The molecule has 4 heteroatoms. The summed E-state index contributed by atoms with van der Waals surface area (Å²) in [6.07, 6.45) is 17.6. The van der Waals surface area contributed by atoms with Gasteiger partial charge in [-0.15, -0.1) is 0 Å². The van der Waals surface area contributed by atoms with Gasteiger partial charge in [-0.25, -0.2) is 4.79 Å². The number of urea groups is 1. The molecule has 0 atom stereocenters. The van der Waals surface area contributed by atoms with Crippen molar-refractivity contribution in [3.05, 3.63) is 36.0 Å². The molecular weight excluding hydrogens is 324 g/mol. The monoisotopic (exact) mass is 358 g/mol. The molecule has 2 rings (SSSR count). The molecule has 0 aromatic heterocycles. The Kier molecular flexibility index (Phi) is 9.70. The van der Waals surface area contributed by atoms with E-state index in [0.717, 1.165) is 24.2 Å². The molecule has 0 bridgehead atoms. The summed E-state index contributed by atoms with van der Waals surface area (Å²) in [5.41, 5.74) is 0.996. The molecule has 2 N–H and O–H groups in total. The Labute approximate surface area is 158 Å². The lowest BCUT2D eigenvalue weighted by molar-refractivity contribution is 0.238. The number of nitrogens with one attached hydrogen (secondary N) is 2. The van der Waals surface area contributed by atoms with E-state index in [1.807, 2.05) is 30.3 Å². The van der Waals surface area contributed by atoms with Gasteiger partial charge < -0.3 is 15.4 Å². The summed E-state index contributed by atoms with van der Waals surface area (Å²) in [5, 5.41) is 5.98. The number of rotatable bonds is 4. The summed E-state index contributed by atoms with van der Waals surface area (Å²) < 4.78 is 5.21. The maximum absolute atomic E-state index is 12.2. The van der Waals surface area contributed by atoms with Gasteiger partial charge in [0.05, 0.1) is 7.11 Å². The van der Waals surface area contributed by atoms with Gasteiger partial charge in [0.25, 0.3) is 0 Å². The normalized spacial score (nSPS) is 17.9. The van der Waals surface area contributed by atoms with Crippen LogP contribution in [0.1, 0.15) is 76.2 Å². The molecule has 1 aromatic rings. The fourth-order valence-corrected chi connectivity index (χ4v) is 3.49. The van der Waals surface area contributed by atoms with E-state index in [-0.39, 0.29) is 6.03 Å². The number of ether oxygens (including phenoxy) is 1. The zero-order valence-electron chi connectivity index (χ0n) is 16.1. The number of hydrogen-bond acceptors (Lipinski definition) is 2. The second kappa shape index (κ2) is 12.4. The van der Waals surface area contributed by atoms with Crippen LogP contribution in [0.25, 0.3) is 6.08 Å². The van der Waals surface area contributed by atoms with Crippen LogP contribution in [0, 0.1) is 0 Å². The Morgan fingerprint density at radius 1 is 1.00 bits per heavy atom. The van der Waals surface area contributed by atoms with Gasteiger partial charge in [-0.3, -0.25) is 0 Å². The van der Waals surface area contributed by atoms with Crippen molar-refractivity contribution < 1.29 is 9.53 Å². The Hall–Kier alpha value is -1.97. The van der Waals surface area contributed by atoms with Gasteiger partial charge in [0.2, 0.25) is 0 Å². The summed E-state index contributed by atoms with van der Waals surface area (Å²) in [7, 11) is 1.65. The van der Waals surface area contributed by atoms with E-state index >= 15 is 0 Å². The molecule has 0 unspecified atom stereocenters. The van der Waals surface area contributed by atoms with E-state index in [2.05, 4.69) is 10.6 Å². The Morgan fingerprint density at radius 2 is 1.62 bits per heavy atom. The molecule has 2 amide bonds. The number of benzene rings is 1. The first-order chi connectivity index (χ1) is 12.8. The average molecular weight is 359 g/mol. The van der Waals surface area contributed by atoms with Crippen molar-refractivity contribution in [2.24, 2.45) is 0 Å². The summed E-state index contributed by atoms with van der Waals surface area (Å²) in [4.78, 5) is 12.2. The summed E-state index contributed by atoms with van der Waals surface area (Å²) in [6.45, 7) is 0. The highest BCUT2D eigenvalue weighted by Crippen LogP contribution is 2.17. The van der Waals surface area contributed by atoms with Gasteiger partial charge >= 0.3 is 6.03 Å². The third kappa shape index (κ3) is 8.41. The van der Waals surface area contributed by atoms with Crippen molar-refractivity contribution in [1.29, 1.82) is 0 Å². The van der Waals surface area contributed by atoms with Crippen molar-refractivity contribution in [2.75, 3.05) is 7.11 Å². The van der Waals surface area contributed by atoms with Gasteiger partial charge in [-0.05, 0) is 36.6 Å². The first-order valence-electron chi connectivity index (χ1n) is 10.2. The van der Waals surface area contributed by atoms with Crippen molar-refractivity contribution in [2.45, 2.75) is 76.7 Å². The zero-order valence-corrected chi connectivity index (χ0v) is 16.1. The molecule has 0 saturated heterocycles. The Bertz CT molecular complexity index is 545. The number of methoxy groups -OCH3 is 1. The second-order valence-corrected chi connectivity index (χ2v) is 7.18. The van der Waals surface area contributed by atoms with E-state index in [1.54, 1.807) is 13.3 Å². The lowest BCUT2D eigenvalue weighted by Crippen LogP contribution is -2.40. The number of carbonyl (C=O) groups excluding carboxylic acids is 1. The van der Waals surface area contributed by atoms with E-state index < -0.39 is 0 Å². The molecule has 1 aliphatic carbocycles. The highest BCUT2D eigenvalue weighted by Gasteiger charge is 2.11. The predicted octanol–water partition coefficient (Wildman–Crippen LogP) is 5.64. The fourth-order valence-electron chi connectivity index (χ4n) is 3.49. The largest absolute Gasteiger partial charge is 0.497 e. The molecule has 4 nitrogen and oxygen atoms in total. The lowest BCUT2D eigenvalue weighted by Gasteiger charge is -2.19. The van der Waals surface area contributed by atoms with E-state index in [0.29, 0.717) is 6.04 Å². The lowest BCUT2D eigenvalue weighted by atomic mass is 9.98. The maximum atomic E-state index is 12.2. The van der Waals surface area contributed by atoms with Crippen LogP contribution >= 0.6 is 0 Å². The summed E-state index contributed by atoms with van der Waals surface area (Å²) in [6, 6.07) is 7.93. The van der Waals surface area contributed by atoms with Gasteiger partial charge in [0, 0.05) is 12.2 Å². The Morgan fingerprint density at radius 3 is 2.23 bits per heavy atom. The van der Waals surface area contributed by atoms with Gasteiger partial charge in [-0.1, -0.05) is 69.9 Å². The van der Waals surface area contributed by atoms with E-state index in [9.17, 15) is 4.79 Å². The van der Waals surface area contributed by atoms with Crippen LogP contribution in [0.2, 0.25) is 0 Å². The van der Waals surface area contributed by atoms with Crippen molar-refractivity contribution >= 4 is 12.1 Å². The third-order valence-electron chi connectivity index (χ3n) is 5.02. The average Bonchev–Trinajstić information content (AvgIpc) is 2.64. The minimum absolute atomic E-state index is 0.110. The number of carbonyl (C=O) groups is 1. The molecule has 26 heavy (non-hydrogen) atoms. The van der Waals surface area contributed by atoms with E-state index in [4.69, 9.17) is 4.74 Å². The quantitative estimate of drug-likeness (QED) is 0.732. The van der Waals surface area contributed by atoms with Crippen molar-refractivity contribution in [3.8, 4) is 5.75 Å². The standard InChI is InChI=1S/C22H34N2O2/c1-26-21-15-11-12-19(18-21)16-17-23-22(25)24-20-13-9-7-5-3-2-4-6-8-10-14-20/h11-12,15-18,20H,2-10,13-14H2,1H3,(H2,23,24,25)/b17-16+. The first-order valence-corrected chi connectivity index (χ1v) is 10.2. The first kappa shape index (κ1) is 20.3. The topological polar surface area (TPSA) is 50.4 Å². The predicted molar refractivity (Wildman–Crippen MR) is 108 cm³/mol. The minimum atomic E-state index is -0.110. The molecule has 0 heterocycles. The van der Waals surface area contributed by atoms with Crippen molar-refractivity contribution in [3.63, 3.8) is 0 Å². The molecule has 0 radical (unpaired) electrons. The second-order valence-electron chi connectivity index (χ2n) is 7.18. The van der Waals surface area contributed by atoms with Crippen molar-refractivity contribution in [1.82, 2.24) is 10.6 Å². The van der Waals surface area contributed by atoms with Crippen LogP contribution in [-0.4, -0.2) is 19.2 Å². The van der Waals surface area contributed by atoms with Crippen LogP contribution in [-0.2, 0) is 0 Å². The summed E-state index contributed by atoms with van der Waals surface area (Å²) in [5.74, 6) is 0.810. The minimum Gasteiger partial charge on any atom is -0.497 e. The van der Waals surface area contributed by atoms with Gasteiger partial charge in [-0.2, -0.15) is 0 Å². The highest BCUT2D eigenvalue weighted by atomic mass is 16.5. The molecular formula is C22H34N2O2. The molecule has 0 spiro atoms. The SMILES string of the molecule is COc1cccc(/C=C/NC(=O)NC2CCCCCCCCCCC2)c1. The summed E-state index contributed by atoms with van der Waals surface area (Å²) >= 11 is 0. The van der Waals surface area contributed by atoms with Crippen LogP contribution in [0.3, 0.4) is 0 Å². The van der Waals surface area contributed by atoms with Crippen LogP contribution in [0.4, 0.5) is 4.79 Å². The molecule has 1 aromatic carbocycles. The Balaban J connectivity index is 1.76. The van der Waals surface area contributed by atoms with Gasteiger partial charge in [0.15, 0.2) is 0 Å². The van der Waals surface area contributed by atoms with Crippen LogP contribution in [0.15, 0.2) is 30.5 Å². The number of amides is 2. The molecule has 0 aliphatic heterocycles. The maximum Gasteiger partial charge on any atom is 0.318 e. The molecule has 144 valence electrons. The van der Waals surface area contributed by atoms with Gasteiger partial charge in [0.1, 0.15) is 5.75 Å². The number of hydrogen-bond donors (Lipinski definition) is 2. The molecule has 1 saturated carbocycles. The molecule has 1 aliphatic rings. The fraction of sp³-hybridized carbons (Fsp3) is 0.591. The van der Waals surface area contributed by atoms with Crippen LogP contribution < -0.4 is 15.4 Å². The smallest absolute Gasteiger partial charge is 0.318 e. The zero-order chi connectivity index (χ0) is 18.5.